The lowest BCUT2D eigenvalue weighted by Gasteiger charge is -2.39. The molecule has 0 spiro atoms. The third-order valence-corrected chi connectivity index (χ3v) is 11.1. The van der Waals surface area contributed by atoms with Gasteiger partial charge in [-0.05, 0) is 107 Å². The molecule has 13 heteroatoms. The van der Waals surface area contributed by atoms with Gasteiger partial charge in [0, 0.05) is 24.8 Å². The molecule has 4 heterocycles. The van der Waals surface area contributed by atoms with Gasteiger partial charge in [-0.25, -0.2) is 18.2 Å². The number of anilines is 1. The number of nitriles is 1. The van der Waals surface area contributed by atoms with Crippen LogP contribution in [0.1, 0.15) is 56.2 Å². The monoisotopic (exact) mass is 673 g/mol. The fourth-order valence-corrected chi connectivity index (χ4v) is 8.69. The number of carbonyl (C=O) groups is 2. The normalized spacial score (nSPS) is 20.2. The number of likely N-dealkylation sites (tertiary alicyclic amines) is 1. The second-order valence-electron chi connectivity index (χ2n) is 12.0. The molecule has 6 rings (SSSR count). The zero-order valence-electron chi connectivity index (χ0n) is 27.1. The average Bonchev–Trinajstić information content (AvgIpc) is 3.36. The maximum absolute atomic E-state index is 15.0. The van der Waals surface area contributed by atoms with Crippen LogP contribution in [-0.4, -0.2) is 69.7 Å². The molecule has 0 bridgehead atoms. The molecule has 252 valence electrons. The molecule has 48 heavy (non-hydrogen) atoms. The third-order valence-electron chi connectivity index (χ3n) is 9.40. The number of benzene rings is 2. The third kappa shape index (κ3) is 5.84. The van der Waals surface area contributed by atoms with E-state index in [9.17, 15) is 18.5 Å². The number of nitrogens with one attached hydrogen (secondary N) is 1. The van der Waals surface area contributed by atoms with Gasteiger partial charge in [0.25, 0.3) is 21.5 Å². The van der Waals surface area contributed by atoms with Gasteiger partial charge in [-0.2, -0.15) is 9.57 Å². The van der Waals surface area contributed by atoms with Crippen molar-refractivity contribution in [3.8, 4) is 17.7 Å². The summed E-state index contributed by atoms with van der Waals surface area (Å²) in [6.07, 6.45) is 4.48. The molecule has 1 unspecified atom stereocenters. The van der Waals surface area contributed by atoms with E-state index in [2.05, 4.69) is 16.4 Å². The summed E-state index contributed by atoms with van der Waals surface area (Å²) in [7, 11) is -4.65. The SMILES string of the molecule is CCOc1ccccc1S(=O)(=O)N1C(=O)C(OC(=O)N2CCC(C3CCNCC3)CC2)(c2cccnc2OCC)c2cc(C#N)ccc21. The number of fused-ring (bicyclic) bond motifs is 1. The number of nitrogens with zero attached hydrogens (tertiary/aromatic N) is 4. The summed E-state index contributed by atoms with van der Waals surface area (Å²) in [4.78, 5) is 34.9. The molecular formula is C35H39N5O7S. The Bertz CT molecular complexity index is 1830. The summed E-state index contributed by atoms with van der Waals surface area (Å²) < 4.78 is 47.5. The summed E-state index contributed by atoms with van der Waals surface area (Å²) in [5, 5.41) is 13.3. The first kappa shape index (κ1) is 33.2. The van der Waals surface area contributed by atoms with Crippen molar-refractivity contribution >= 4 is 27.7 Å². The zero-order valence-corrected chi connectivity index (χ0v) is 27.9. The molecule has 2 aromatic carbocycles. The molecule has 12 nitrogen and oxygen atoms in total. The topological polar surface area (TPSA) is 151 Å². The van der Waals surface area contributed by atoms with Crippen molar-refractivity contribution in [3.05, 3.63) is 77.5 Å². The number of hydrogen-bond donors (Lipinski definition) is 1. The number of sulfonamides is 1. The highest BCUT2D eigenvalue weighted by Crippen LogP contribution is 2.52. The van der Waals surface area contributed by atoms with E-state index >= 15 is 4.79 Å². The maximum atomic E-state index is 15.0. The van der Waals surface area contributed by atoms with Crippen molar-refractivity contribution in [2.45, 2.75) is 50.0 Å². The summed E-state index contributed by atoms with van der Waals surface area (Å²) >= 11 is 0. The highest BCUT2D eigenvalue weighted by Gasteiger charge is 2.61. The van der Waals surface area contributed by atoms with E-state index in [1.54, 1.807) is 30.9 Å². The van der Waals surface area contributed by atoms with Crippen LogP contribution >= 0.6 is 0 Å². The summed E-state index contributed by atoms with van der Waals surface area (Å²) in [6, 6.07) is 15.3. The minimum atomic E-state index is -4.65. The van der Waals surface area contributed by atoms with Crippen molar-refractivity contribution < 1.29 is 32.2 Å². The van der Waals surface area contributed by atoms with Gasteiger partial charge in [0.15, 0.2) is 0 Å². The number of carbonyl (C=O) groups excluding carboxylic acids is 2. The van der Waals surface area contributed by atoms with Crippen LogP contribution in [0.3, 0.4) is 0 Å². The predicted molar refractivity (Wildman–Crippen MR) is 176 cm³/mol. The first-order valence-electron chi connectivity index (χ1n) is 16.4. The Labute approximate surface area is 280 Å². The first-order valence-corrected chi connectivity index (χ1v) is 17.8. The Morgan fingerprint density at radius 2 is 1.69 bits per heavy atom. The number of para-hydroxylation sites is 1. The lowest BCUT2D eigenvalue weighted by atomic mass is 9.79. The van der Waals surface area contributed by atoms with E-state index in [1.165, 1.54) is 48.7 Å². The van der Waals surface area contributed by atoms with Crippen LogP contribution < -0.4 is 19.1 Å². The van der Waals surface area contributed by atoms with Crippen LogP contribution in [0.25, 0.3) is 0 Å². The lowest BCUT2D eigenvalue weighted by Crippen LogP contribution is -2.50. The Morgan fingerprint density at radius 1 is 0.979 bits per heavy atom. The number of aromatic nitrogens is 1. The van der Waals surface area contributed by atoms with Gasteiger partial charge in [-0.1, -0.05) is 12.1 Å². The van der Waals surface area contributed by atoms with Crippen LogP contribution in [0.5, 0.6) is 11.6 Å². The Kier molecular flexibility index (Phi) is 9.57. The van der Waals surface area contributed by atoms with Gasteiger partial charge >= 0.3 is 6.09 Å². The molecule has 3 aliphatic heterocycles. The van der Waals surface area contributed by atoms with Gasteiger partial charge in [0.2, 0.25) is 5.88 Å². The van der Waals surface area contributed by atoms with Gasteiger partial charge in [-0.15, -0.1) is 0 Å². The molecule has 2 amide bonds. The molecule has 0 aliphatic carbocycles. The summed E-state index contributed by atoms with van der Waals surface area (Å²) in [5.74, 6) is 0.0568. The molecular weight excluding hydrogens is 634 g/mol. The molecule has 1 atom stereocenters. The molecule has 0 saturated carbocycles. The Morgan fingerprint density at radius 3 is 2.40 bits per heavy atom. The van der Waals surface area contributed by atoms with E-state index in [-0.39, 0.29) is 52.1 Å². The highest BCUT2D eigenvalue weighted by atomic mass is 32.2. The van der Waals surface area contributed by atoms with Crippen LogP contribution in [-0.2, 0) is 25.2 Å². The van der Waals surface area contributed by atoms with E-state index < -0.39 is 27.6 Å². The summed E-state index contributed by atoms with van der Waals surface area (Å²) in [6.45, 7) is 6.65. The van der Waals surface area contributed by atoms with Crippen LogP contribution in [0.2, 0.25) is 0 Å². The number of hydrogen-bond acceptors (Lipinski definition) is 10. The van der Waals surface area contributed by atoms with Crippen molar-refractivity contribution in [2.75, 3.05) is 43.7 Å². The van der Waals surface area contributed by atoms with E-state index in [0.29, 0.717) is 29.2 Å². The molecule has 2 saturated heterocycles. The second kappa shape index (κ2) is 13.8. The summed E-state index contributed by atoms with van der Waals surface area (Å²) in [5.41, 5.74) is -2.22. The lowest BCUT2D eigenvalue weighted by molar-refractivity contribution is -0.132. The molecule has 3 aliphatic rings. The maximum Gasteiger partial charge on any atom is 0.411 e. The van der Waals surface area contributed by atoms with Gasteiger partial charge in [0.1, 0.15) is 10.6 Å². The standard InChI is InChI=1S/C35H39N5O7S/c1-3-45-30-9-5-6-10-31(30)48(43,44)40-29-12-11-24(23-36)22-28(29)35(33(40)41,27-8-7-17-38-32(27)46-4-2)47-34(42)39-20-15-26(16-21-39)25-13-18-37-19-14-25/h5-12,17,22,25-26,37H,3-4,13-16,18-21H2,1-2H3. The van der Waals surface area contributed by atoms with Crippen molar-refractivity contribution in [1.29, 1.82) is 5.26 Å². The van der Waals surface area contributed by atoms with Crippen molar-refractivity contribution in [2.24, 2.45) is 11.8 Å². The Hall–Kier alpha value is -4.67. The Balaban J connectivity index is 1.47. The van der Waals surface area contributed by atoms with Crippen LogP contribution in [0.15, 0.2) is 65.7 Å². The van der Waals surface area contributed by atoms with E-state index in [4.69, 9.17) is 14.2 Å². The van der Waals surface area contributed by atoms with E-state index in [0.717, 1.165) is 38.8 Å². The minimum absolute atomic E-state index is 0.00644. The van der Waals surface area contributed by atoms with Gasteiger partial charge < -0.3 is 24.4 Å². The molecule has 1 aromatic heterocycles. The van der Waals surface area contributed by atoms with Crippen LogP contribution in [0.4, 0.5) is 10.5 Å². The largest absolute Gasteiger partial charge is 0.492 e. The van der Waals surface area contributed by atoms with Crippen molar-refractivity contribution in [1.82, 2.24) is 15.2 Å². The number of rotatable bonds is 9. The highest BCUT2D eigenvalue weighted by molar-refractivity contribution is 7.93. The molecule has 0 radical (unpaired) electrons. The molecule has 3 aromatic rings. The predicted octanol–water partition coefficient (Wildman–Crippen LogP) is 4.58. The van der Waals surface area contributed by atoms with Gasteiger partial charge in [-0.3, -0.25) is 4.79 Å². The fraction of sp³-hybridized carbons (Fsp3) is 0.429. The zero-order chi connectivity index (χ0) is 33.9. The fourth-order valence-electron chi connectivity index (χ4n) is 7.10. The van der Waals surface area contributed by atoms with Crippen molar-refractivity contribution in [3.63, 3.8) is 0 Å². The first-order chi connectivity index (χ1) is 23.3. The number of piperidine rings is 2. The second-order valence-corrected chi connectivity index (χ2v) is 13.8. The minimum Gasteiger partial charge on any atom is -0.492 e. The van der Waals surface area contributed by atoms with E-state index in [1.807, 2.05) is 0 Å². The number of ether oxygens (including phenoxy) is 3. The number of pyridine rings is 1. The number of amides is 2. The quantitative estimate of drug-likeness (QED) is 0.342. The average molecular weight is 674 g/mol. The smallest absolute Gasteiger partial charge is 0.411 e. The molecule has 2 fully saturated rings. The van der Waals surface area contributed by atoms with Gasteiger partial charge in [0.05, 0.1) is 36.1 Å². The molecule has 1 N–H and O–H groups in total. The van der Waals surface area contributed by atoms with Crippen LogP contribution in [0, 0.1) is 23.2 Å².